The van der Waals surface area contributed by atoms with E-state index in [-0.39, 0.29) is 23.0 Å². The number of hydrogen-bond acceptors (Lipinski definition) is 5. The summed E-state index contributed by atoms with van der Waals surface area (Å²) in [4.78, 5) is 19.1. The van der Waals surface area contributed by atoms with Crippen molar-refractivity contribution in [2.75, 3.05) is 0 Å². The fourth-order valence-electron chi connectivity index (χ4n) is 1.50. The van der Waals surface area contributed by atoms with Gasteiger partial charge in [0.25, 0.3) is 0 Å². The molecule has 0 aliphatic rings. The van der Waals surface area contributed by atoms with Crippen LogP contribution in [0.25, 0.3) is 0 Å². The van der Waals surface area contributed by atoms with Gasteiger partial charge in [-0.1, -0.05) is 0 Å². The first kappa shape index (κ1) is 14.2. The number of carbonyl (C=O) groups is 1. The lowest BCUT2D eigenvalue weighted by Crippen LogP contribution is -2.03. The molecule has 2 aromatic rings. The molecule has 0 unspecified atom stereocenters. The van der Waals surface area contributed by atoms with E-state index < -0.39 is 5.97 Å². The monoisotopic (exact) mass is 381 g/mol. The van der Waals surface area contributed by atoms with Crippen molar-refractivity contribution in [1.29, 1.82) is 5.26 Å². The fourth-order valence-corrected chi connectivity index (χ4v) is 1.99. The predicted molar refractivity (Wildman–Crippen MR) is 77.7 cm³/mol. The second kappa shape index (κ2) is 5.83. The standard InChI is InChI=1S/C13H8IN3O3/c1-7-4-9(6-15)17-13(16-7)20-11-3-2-8(14)5-10(11)12(18)19/h2-5H,1H3,(H,18,19). The molecule has 0 spiro atoms. The smallest absolute Gasteiger partial charge is 0.339 e. The number of halogens is 1. The third-order valence-corrected chi connectivity index (χ3v) is 2.99. The molecule has 7 heteroatoms. The first-order valence-electron chi connectivity index (χ1n) is 5.46. The minimum Gasteiger partial charge on any atom is -0.478 e. The summed E-state index contributed by atoms with van der Waals surface area (Å²) in [6.45, 7) is 1.70. The van der Waals surface area contributed by atoms with E-state index in [4.69, 9.17) is 15.1 Å². The highest BCUT2D eigenvalue weighted by molar-refractivity contribution is 14.1. The Morgan fingerprint density at radius 3 is 2.80 bits per heavy atom. The number of nitriles is 1. The molecule has 2 rings (SSSR count). The molecule has 0 aliphatic carbocycles. The van der Waals surface area contributed by atoms with Crippen LogP contribution in [0.15, 0.2) is 24.3 Å². The van der Waals surface area contributed by atoms with Crippen molar-refractivity contribution >= 4 is 28.6 Å². The molecule has 0 bridgehead atoms. The minimum absolute atomic E-state index is 0.0144. The number of hydrogen-bond donors (Lipinski definition) is 1. The van der Waals surface area contributed by atoms with Gasteiger partial charge in [0.2, 0.25) is 0 Å². The number of rotatable bonds is 3. The highest BCUT2D eigenvalue weighted by Gasteiger charge is 2.14. The molecule has 20 heavy (non-hydrogen) atoms. The first-order valence-corrected chi connectivity index (χ1v) is 6.54. The molecule has 1 heterocycles. The number of ether oxygens (including phenoxy) is 1. The Balaban J connectivity index is 2.42. The molecule has 0 amide bonds. The zero-order chi connectivity index (χ0) is 14.7. The van der Waals surface area contributed by atoms with Crippen LogP contribution in [-0.4, -0.2) is 21.0 Å². The van der Waals surface area contributed by atoms with E-state index in [9.17, 15) is 4.79 Å². The van der Waals surface area contributed by atoms with Gasteiger partial charge in [0.05, 0.1) is 0 Å². The number of carboxylic acids is 1. The van der Waals surface area contributed by atoms with Crippen LogP contribution >= 0.6 is 22.6 Å². The molecule has 0 radical (unpaired) electrons. The Morgan fingerprint density at radius 2 is 2.15 bits per heavy atom. The van der Waals surface area contributed by atoms with Crippen LogP contribution in [0.1, 0.15) is 21.7 Å². The lowest BCUT2D eigenvalue weighted by Gasteiger charge is -2.08. The normalized spacial score (nSPS) is 9.85. The average molecular weight is 381 g/mol. The van der Waals surface area contributed by atoms with Gasteiger partial charge in [-0.05, 0) is 53.8 Å². The second-order valence-electron chi connectivity index (χ2n) is 3.84. The zero-order valence-electron chi connectivity index (χ0n) is 10.3. The van der Waals surface area contributed by atoms with Gasteiger partial charge < -0.3 is 9.84 Å². The van der Waals surface area contributed by atoms with Crippen LogP contribution in [0.3, 0.4) is 0 Å². The van der Waals surface area contributed by atoms with Crippen LogP contribution in [0, 0.1) is 21.8 Å². The van der Waals surface area contributed by atoms with E-state index in [1.54, 1.807) is 13.0 Å². The van der Waals surface area contributed by atoms with Crippen LogP contribution in [0.5, 0.6) is 11.8 Å². The van der Waals surface area contributed by atoms with Gasteiger partial charge >= 0.3 is 12.0 Å². The lowest BCUT2D eigenvalue weighted by atomic mass is 10.2. The molecule has 0 atom stereocenters. The fraction of sp³-hybridized carbons (Fsp3) is 0.0769. The van der Waals surface area contributed by atoms with Crippen LogP contribution in [-0.2, 0) is 0 Å². The molecule has 0 aliphatic heterocycles. The van der Waals surface area contributed by atoms with Crippen molar-refractivity contribution in [3.8, 4) is 17.8 Å². The summed E-state index contributed by atoms with van der Waals surface area (Å²) >= 11 is 2.01. The maximum absolute atomic E-state index is 11.2. The summed E-state index contributed by atoms with van der Waals surface area (Å²) in [5.41, 5.74) is 0.740. The van der Waals surface area contributed by atoms with Gasteiger partial charge in [-0.2, -0.15) is 10.2 Å². The average Bonchev–Trinajstić information content (AvgIpc) is 2.40. The van der Waals surface area contributed by atoms with Gasteiger partial charge in [-0.3, -0.25) is 0 Å². The molecule has 100 valence electrons. The molecule has 1 aromatic heterocycles. The van der Waals surface area contributed by atoms with Gasteiger partial charge in [0.1, 0.15) is 23.1 Å². The Morgan fingerprint density at radius 1 is 1.40 bits per heavy atom. The SMILES string of the molecule is Cc1cc(C#N)nc(Oc2ccc(I)cc2C(=O)O)n1. The van der Waals surface area contributed by atoms with Gasteiger partial charge in [-0.15, -0.1) is 0 Å². The molecule has 0 saturated heterocycles. The third kappa shape index (κ3) is 3.21. The van der Waals surface area contributed by atoms with Crippen molar-refractivity contribution in [3.05, 3.63) is 44.8 Å². The zero-order valence-corrected chi connectivity index (χ0v) is 12.5. The lowest BCUT2D eigenvalue weighted by molar-refractivity contribution is 0.0694. The largest absolute Gasteiger partial charge is 0.478 e. The Labute approximate surface area is 128 Å². The molecule has 1 aromatic carbocycles. The van der Waals surface area contributed by atoms with E-state index in [2.05, 4.69) is 9.97 Å². The molecule has 0 fully saturated rings. The van der Waals surface area contributed by atoms with E-state index in [1.165, 1.54) is 18.2 Å². The molecule has 0 saturated carbocycles. The summed E-state index contributed by atoms with van der Waals surface area (Å²) in [5.74, 6) is -0.973. The van der Waals surface area contributed by atoms with Crippen molar-refractivity contribution < 1.29 is 14.6 Å². The minimum atomic E-state index is -1.10. The summed E-state index contributed by atoms with van der Waals surface area (Å²) in [5, 5.41) is 18.0. The second-order valence-corrected chi connectivity index (χ2v) is 5.08. The quantitative estimate of drug-likeness (QED) is 0.822. The summed E-state index contributed by atoms with van der Waals surface area (Å²) in [6.07, 6.45) is 0. The van der Waals surface area contributed by atoms with Crippen LogP contribution in [0.4, 0.5) is 0 Å². The van der Waals surface area contributed by atoms with E-state index in [1.807, 2.05) is 28.7 Å². The van der Waals surface area contributed by atoms with Crippen LogP contribution in [0.2, 0.25) is 0 Å². The molecule has 6 nitrogen and oxygen atoms in total. The topological polar surface area (TPSA) is 96.1 Å². The number of nitrogens with zero attached hydrogens (tertiary/aromatic N) is 3. The van der Waals surface area contributed by atoms with Crippen molar-refractivity contribution in [2.45, 2.75) is 6.92 Å². The van der Waals surface area contributed by atoms with Crippen molar-refractivity contribution in [2.24, 2.45) is 0 Å². The van der Waals surface area contributed by atoms with Crippen molar-refractivity contribution in [3.63, 3.8) is 0 Å². The number of benzene rings is 1. The van der Waals surface area contributed by atoms with E-state index in [0.29, 0.717) is 5.69 Å². The maximum Gasteiger partial charge on any atom is 0.339 e. The molecular formula is C13H8IN3O3. The molecule has 1 N–H and O–H groups in total. The summed E-state index contributed by atoms with van der Waals surface area (Å²) < 4.78 is 6.16. The van der Waals surface area contributed by atoms with Crippen LogP contribution < -0.4 is 4.74 Å². The number of aromatic nitrogens is 2. The predicted octanol–water partition coefficient (Wildman–Crippen LogP) is 2.75. The highest BCUT2D eigenvalue weighted by atomic mass is 127. The van der Waals surface area contributed by atoms with Crippen molar-refractivity contribution in [1.82, 2.24) is 9.97 Å². The number of aryl methyl sites for hydroxylation is 1. The number of carboxylic acid groups (broad SMARTS) is 1. The highest BCUT2D eigenvalue weighted by Crippen LogP contribution is 2.25. The van der Waals surface area contributed by atoms with E-state index >= 15 is 0 Å². The maximum atomic E-state index is 11.2. The summed E-state index contributed by atoms with van der Waals surface area (Å²) in [6, 6.07) is 8.08. The first-order chi connectivity index (χ1) is 9.49. The number of aromatic carboxylic acids is 1. The Hall–Kier alpha value is -2.21. The Bertz CT molecular complexity index is 725. The van der Waals surface area contributed by atoms with Gasteiger partial charge in [0.15, 0.2) is 0 Å². The van der Waals surface area contributed by atoms with E-state index in [0.717, 1.165) is 3.57 Å². The third-order valence-electron chi connectivity index (χ3n) is 2.32. The van der Waals surface area contributed by atoms with Gasteiger partial charge in [0, 0.05) is 9.26 Å². The summed E-state index contributed by atoms with van der Waals surface area (Å²) in [7, 11) is 0. The molecular weight excluding hydrogens is 373 g/mol. The van der Waals surface area contributed by atoms with Gasteiger partial charge in [-0.25, -0.2) is 9.78 Å². The Kier molecular flexibility index (Phi) is 4.14.